The molecule has 0 N–H and O–H groups in total. The number of hydrogen-bond acceptors (Lipinski definition) is 1. The second-order valence-corrected chi connectivity index (χ2v) is 8.46. The van der Waals surface area contributed by atoms with Crippen LogP contribution in [0, 0.1) is 6.92 Å². The zero-order valence-electron chi connectivity index (χ0n) is 9.16. The molecule has 0 atom stereocenters. The van der Waals surface area contributed by atoms with Crippen LogP contribution >= 0.6 is 11.3 Å². The second kappa shape index (κ2) is 4.33. The summed E-state index contributed by atoms with van der Waals surface area (Å²) in [6.45, 7) is 2.20. The predicted octanol–water partition coefficient (Wildman–Crippen LogP) is 0.987. The molecule has 0 spiro atoms. The van der Waals surface area contributed by atoms with Gasteiger partial charge in [0.25, 0.3) is 0 Å². The van der Waals surface area contributed by atoms with Crippen LogP contribution in [0.4, 0.5) is 0 Å². The first-order chi connectivity index (χ1) is 7.08. The molecule has 2 aliphatic rings. The van der Waals surface area contributed by atoms with Gasteiger partial charge in [-0.05, 0) is 0 Å². The van der Waals surface area contributed by atoms with Crippen molar-refractivity contribution in [1.82, 2.24) is 4.58 Å². The van der Waals surface area contributed by atoms with Crippen LogP contribution in [0.15, 0.2) is 24.3 Å². The molecule has 1 aliphatic carbocycles. The van der Waals surface area contributed by atoms with E-state index in [1.54, 1.807) is 0 Å². The molecule has 15 heavy (non-hydrogen) atoms. The monoisotopic (exact) mass is 411 g/mol. The van der Waals surface area contributed by atoms with Crippen molar-refractivity contribution >= 4 is 39.5 Å². The molecule has 3 heteroatoms. The van der Waals surface area contributed by atoms with Crippen molar-refractivity contribution in [1.29, 1.82) is 0 Å². The number of hydrogen-bond donors (Lipinski definition) is 0. The Labute approximate surface area is 110 Å². The van der Waals surface area contributed by atoms with E-state index < -0.39 is 0 Å². The van der Waals surface area contributed by atoms with E-state index in [1.165, 1.54) is 23.8 Å². The summed E-state index contributed by atoms with van der Waals surface area (Å²) in [5.74, 6) is 0. The summed E-state index contributed by atoms with van der Waals surface area (Å²) < 4.78 is 3.66. The third-order valence-electron chi connectivity index (χ3n) is 2.47. The van der Waals surface area contributed by atoms with Crippen LogP contribution < -0.4 is 12.4 Å². The van der Waals surface area contributed by atoms with Gasteiger partial charge in [-0.25, -0.2) is 0 Å². The normalized spacial score (nSPS) is 10.7. The van der Waals surface area contributed by atoms with Gasteiger partial charge in [-0.2, -0.15) is 0 Å². The third-order valence-corrected chi connectivity index (χ3v) is 5.12. The van der Waals surface area contributed by atoms with Gasteiger partial charge in [0, 0.05) is 0 Å². The first-order valence-electron chi connectivity index (χ1n) is 4.84. The summed E-state index contributed by atoms with van der Waals surface area (Å²) in [5.41, 5.74) is 2.80. The topological polar surface area (TPSA) is 3.01 Å². The number of benzene rings is 1. The van der Waals surface area contributed by atoms with E-state index in [1.807, 2.05) is 11.3 Å². The Bertz CT molecular complexity index is 538. The van der Waals surface area contributed by atoms with Gasteiger partial charge in [0.05, 0.1) is 0 Å². The Hall–Kier alpha value is -0.228. The fourth-order valence-electron chi connectivity index (χ4n) is 1.62. The van der Waals surface area contributed by atoms with Crippen molar-refractivity contribution in [3.8, 4) is 10.4 Å². The number of fused-ring (bicyclic) bond motifs is 1. The van der Waals surface area contributed by atoms with E-state index in [9.17, 15) is 0 Å². The molecule has 0 fully saturated rings. The van der Waals surface area contributed by atoms with Crippen molar-refractivity contribution in [2.45, 2.75) is 6.92 Å². The Balaban J connectivity index is 2.84. The van der Waals surface area contributed by atoms with Gasteiger partial charge in [-0.3, -0.25) is 0 Å². The first kappa shape index (κ1) is 11.3. The zero-order valence-corrected chi connectivity index (χ0v) is 13.9. The van der Waals surface area contributed by atoms with Crippen LogP contribution in [0.5, 0.6) is 0 Å². The maximum absolute atomic E-state index is 2.31. The molecule has 2 rings (SSSR count). The molecule has 3 radical (unpaired) electrons. The number of nitrogens with zero attached hydrogens (tertiary/aromatic N) is 1. The number of rotatable bonds is 0. The van der Waals surface area contributed by atoms with E-state index in [4.69, 9.17) is 0 Å². The van der Waals surface area contributed by atoms with Crippen LogP contribution in [-0.4, -0.2) is 39.9 Å². The summed E-state index contributed by atoms with van der Waals surface area (Å²) in [6, 6.07) is 9.02. The molecule has 1 heterocycles. The van der Waals surface area contributed by atoms with Gasteiger partial charge in [0.1, 0.15) is 0 Å². The summed E-state index contributed by atoms with van der Waals surface area (Å²) in [7, 11) is 4.17. The summed E-state index contributed by atoms with van der Waals surface area (Å²) >= 11 is 3.06. The van der Waals surface area contributed by atoms with E-state index in [0.717, 1.165) is 25.8 Å². The molecule has 1 nitrogen and oxygen atoms in total. The van der Waals surface area contributed by atoms with Crippen LogP contribution in [0.2, 0.25) is 0 Å². The third kappa shape index (κ3) is 2.31. The van der Waals surface area contributed by atoms with E-state index in [2.05, 4.69) is 49.9 Å². The average molecular weight is 411 g/mol. The molecule has 0 amide bonds. The van der Waals surface area contributed by atoms with Crippen molar-refractivity contribution in [3.05, 3.63) is 35.2 Å². The Morgan fingerprint density at radius 2 is 1.93 bits per heavy atom. The summed E-state index contributed by atoms with van der Waals surface area (Å²) in [5, 5.41) is 1.28. The fraction of sp³-hybridized carbons (Fsp3) is 0.250. The first-order valence-corrected chi connectivity index (χ1v) is 7.60. The molecule has 0 saturated carbocycles. The quantitative estimate of drug-likeness (QED) is 0.450. The summed E-state index contributed by atoms with van der Waals surface area (Å²) in [4.78, 5) is 1.41. The molecule has 1 aliphatic heterocycles. The molecular weight excluding hydrogens is 397 g/mol. The Kier molecular flexibility index (Phi) is 3.25. The molecule has 0 aromatic rings. The molecule has 0 saturated heterocycles. The average Bonchev–Trinajstić information content (AvgIpc) is 2.16. The fourth-order valence-corrected chi connectivity index (χ4v) is 4.74. The molecule has 0 aromatic carbocycles. The predicted molar refractivity (Wildman–Crippen MR) is 68.2 cm³/mol. The van der Waals surface area contributed by atoms with E-state index in [0.29, 0.717) is 0 Å². The van der Waals surface area contributed by atoms with Crippen LogP contribution in [0.3, 0.4) is 0 Å². The van der Waals surface area contributed by atoms with Gasteiger partial charge >= 0.3 is 111 Å². The van der Waals surface area contributed by atoms with Crippen molar-refractivity contribution in [3.63, 3.8) is 0 Å². The van der Waals surface area contributed by atoms with Crippen LogP contribution in [0.25, 0.3) is 10.4 Å². The standard InChI is InChI=1S/C12H13NS.Pb/c1-9-6-7-14-12-8-10(13(2)3)4-5-11(9)12;/h4-6,8H,1-3H3;/q+1;. The molecule has 0 aromatic heterocycles. The SMILES string of the molecule is Cc1c[c]([Pb])sc2cc(=[N+](C)C)ccc1-2. The Morgan fingerprint density at radius 1 is 1.20 bits per heavy atom. The number of aryl methyl sites for hydroxylation is 1. The molecule has 0 unspecified atom stereocenters. The van der Waals surface area contributed by atoms with Gasteiger partial charge in [-0.15, -0.1) is 0 Å². The zero-order chi connectivity index (χ0) is 11.0. The van der Waals surface area contributed by atoms with Gasteiger partial charge in [0.15, 0.2) is 0 Å². The maximum atomic E-state index is 2.31. The van der Waals surface area contributed by atoms with Gasteiger partial charge in [-0.1, -0.05) is 0 Å². The summed E-state index contributed by atoms with van der Waals surface area (Å²) in [6.07, 6.45) is 0. The van der Waals surface area contributed by atoms with Crippen molar-refractivity contribution < 1.29 is 0 Å². The van der Waals surface area contributed by atoms with Crippen LogP contribution in [0.1, 0.15) is 5.56 Å². The molecule has 75 valence electrons. The minimum atomic E-state index is 1.14. The second-order valence-electron chi connectivity index (χ2n) is 3.87. The molecule has 0 bridgehead atoms. The van der Waals surface area contributed by atoms with Crippen LogP contribution in [-0.2, 0) is 0 Å². The van der Waals surface area contributed by atoms with Crippen molar-refractivity contribution in [2.24, 2.45) is 0 Å². The van der Waals surface area contributed by atoms with E-state index >= 15 is 0 Å². The Morgan fingerprint density at radius 3 is 2.60 bits per heavy atom. The minimum absolute atomic E-state index is 1.14. The van der Waals surface area contributed by atoms with Gasteiger partial charge in [0.2, 0.25) is 0 Å². The molecular formula is C12H13NPbS+. The van der Waals surface area contributed by atoms with E-state index in [-0.39, 0.29) is 0 Å². The van der Waals surface area contributed by atoms with Crippen molar-refractivity contribution in [2.75, 3.05) is 14.1 Å². The van der Waals surface area contributed by atoms with Gasteiger partial charge < -0.3 is 0 Å².